The quantitative estimate of drug-likeness (QED) is 0.531. The van der Waals surface area contributed by atoms with Crippen molar-refractivity contribution in [1.82, 2.24) is 0 Å². The van der Waals surface area contributed by atoms with Gasteiger partial charge in [0.25, 0.3) is 0 Å². The Hall–Kier alpha value is -1.18. The zero-order valence-electron chi connectivity index (χ0n) is 4.87. The fourth-order valence-electron chi connectivity index (χ4n) is 0.672. The highest BCUT2D eigenvalue weighted by atomic mass is 16.4. The van der Waals surface area contributed by atoms with Crippen LogP contribution < -0.4 is 0 Å². The first kappa shape index (κ1) is 5.95. The minimum atomic E-state index is -0.824. The second-order valence-electron chi connectivity index (χ2n) is 1.82. The molecule has 1 rings (SSSR count). The zero-order chi connectivity index (χ0) is 6.69. The fraction of sp³-hybridized carbons (Fsp3) is 0.143. The average Bonchev–Trinajstić information content (AvgIpc) is 1.90. The highest BCUT2D eigenvalue weighted by molar-refractivity contribution is 5.87. The van der Waals surface area contributed by atoms with Gasteiger partial charge in [-0.3, -0.25) is 0 Å². The van der Waals surface area contributed by atoms with Crippen molar-refractivity contribution in [1.29, 1.82) is 0 Å². The smallest absolute Gasteiger partial charge is 0.389 e. The topological polar surface area (TPSA) is 37.3 Å². The Balaban J connectivity index is 2.61. The van der Waals surface area contributed by atoms with Crippen LogP contribution in [0.5, 0.6) is 0 Å². The van der Waals surface area contributed by atoms with Gasteiger partial charge in [-0.25, -0.2) is 4.79 Å². The molecule has 0 aromatic rings. The van der Waals surface area contributed by atoms with Crippen molar-refractivity contribution < 1.29 is 9.90 Å². The lowest BCUT2D eigenvalue weighted by atomic mass is 10.1. The Morgan fingerprint density at radius 1 is 1.78 bits per heavy atom. The van der Waals surface area contributed by atoms with Crippen molar-refractivity contribution in [2.45, 2.75) is 6.42 Å². The molecule has 0 fully saturated rings. The number of carboxylic acid groups (broad SMARTS) is 1. The molecule has 0 unspecified atom stereocenters. The molecule has 46 valence electrons. The molecule has 0 saturated heterocycles. The predicted molar refractivity (Wildman–Crippen MR) is 33.8 cm³/mol. The van der Waals surface area contributed by atoms with Crippen molar-refractivity contribution in [2.75, 3.05) is 0 Å². The molecule has 1 aliphatic rings. The number of carboxylic acids is 1. The number of aliphatic carboxylic acids is 1. The number of allylic oxidation sites excluding steroid dienone is 3. The van der Waals surface area contributed by atoms with Gasteiger partial charge in [0.15, 0.2) is 0 Å². The summed E-state index contributed by atoms with van der Waals surface area (Å²) in [5.74, 6) is -0.824. The van der Waals surface area contributed by atoms with E-state index in [4.69, 9.17) is 5.11 Å². The maximum atomic E-state index is 10.2. The van der Waals surface area contributed by atoms with E-state index >= 15 is 0 Å². The van der Waals surface area contributed by atoms with E-state index < -0.39 is 5.97 Å². The highest BCUT2D eigenvalue weighted by Crippen LogP contribution is 2.09. The third-order valence-corrected chi connectivity index (χ3v) is 1.16. The first-order chi connectivity index (χ1) is 4.30. The Labute approximate surface area is 53.5 Å². The van der Waals surface area contributed by atoms with Crippen molar-refractivity contribution in [3.8, 4) is 0 Å². The van der Waals surface area contributed by atoms with E-state index in [2.05, 4.69) is 0 Å². The fourth-order valence-corrected chi connectivity index (χ4v) is 0.672. The van der Waals surface area contributed by atoms with Crippen LogP contribution in [0, 0.1) is 6.42 Å². The van der Waals surface area contributed by atoms with Gasteiger partial charge < -0.3 is 5.11 Å². The molecule has 0 aromatic carbocycles. The van der Waals surface area contributed by atoms with Gasteiger partial charge in [-0.05, 0) is 0 Å². The van der Waals surface area contributed by atoms with Crippen molar-refractivity contribution >= 4 is 5.97 Å². The molecule has 2 nitrogen and oxygen atoms in total. The largest absolute Gasteiger partial charge is 0.468 e. The van der Waals surface area contributed by atoms with E-state index in [0.29, 0.717) is 12.0 Å². The molecule has 1 aliphatic carbocycles. The van der Waals surface area contributed by atoms with Crippen LogP contribution in [0.3, 0.4) is 0 Å². The van der Waals surface area contributed by atoms with E-state index in [1.165, 1.54) is 0 Å². The summed E-state index contributed by atoms with van der Waals surface area (Å²) < 4.78 is 0. The van der Waals surface area contributed by atoms with Gasteiger partial charge in [-0.2, -0.15) is 0 Å². The molecular formula is C7H7O2+. The predicted octanol–water partition coefficient (Wildman–Crippen LogP) is 1.16. The number of hydrogen-bond acceptors (Lipinski definition) is 1. The summed E-state index contributed by atoms with van der Waals surface area (Å²) in [5.41, 5.74) is 0.456. The van der Waals surface area contributed by atoms with E-state index in [1.54, 1.807) is 12.5 Å². The molecule has 0 atom stereocenters. The van der Waals surface area contributed by atoms with Gasteiger partial charge in [0, 0.05) is 18.6 Å². The molecule has 0 aromatic heterocycles. The summed E-state index contributed by atoms with van der Waals surface area (Å²) in [6.07, 6.45) is 7.55. The molecule has 0 heterocycles. The summed E-state index contributed by atoms with van der Waals surface area (Å²) in [4.78, 5) is 10.2. The van der Waals surface area contributed by atoms with E-state index in [-0.39, 0.29) is 0 Å². The van der Waals surface area contributed by atoms with Gasteiger partial charge in [-0.1, -0.05) is 0 Å². The van der Waals surface area contributed by atoms with Crippen LogP contribution in [0.1, 0.15) is 6.42 Å². The van der Waals surface area contributed by atoms with E-state index in [1.807, 2.05) is 12.2 Å². The second kappa shape index (κ2) is 2.40. The lowest BCUT2D eigenvalue weighted by molar-refractivity contribution is -0.132. The second-order valence-corrected chi connectivity index (χ2v) is 1.82. The lowest BCUT2D eigenvalue weighted by Gasteiger charge is -1.91. The molecule has 0 bridgehead atoms. The Morgan fingerprint density at radius 3 is 2.89 bits per heavy atom. The zero-order valence-corrected chi connectivity index (χ0v) is 4.87. The van der Waals surface area contributed by atoms with E-state index in [0.717, 1.165) is 0 Å². The summed E-state index contributed by atoms with van der Waals surface area (Å²) >= 11 is 0. The van der Waals surface area contributed by atoms with Gasteiger partial charge >= 0.3 is 5.97 Å². The summed E-state index contributed by atoms with van der Waals surface area (Å²) in [6.45, 7) is 0. The first-order valence-electron chi connectivity index (χ1n) is 2.73. The molecule has 0 saturated carbocycles. The average molecular weight is 123 g/mol. The number of hydrogen-bond donors (Lipinski definition) is 1. The molecule has 0 amide bonds. The highest BCUT2D eigenvalue weighted by Gasteiger charge is 2.13. The Morgan fingerprint density at radius 2 is 2.56 bits per heavy atom. The molecule has 2 heteroatoms. The van der Waals surface area contributed by atoms with Crippen molar-refractivity contribution in [2.24, 2.45) is 0 Å². The van der Waals surface area contributed by atoms with Crippen LogP contribution >= 0.6 is 0 Å². The molecule has 1 N–H and O–H groups in total. The lowest BCUT2D eigenvalue weighted by Crippen LogP contribution is -2.00. The van der Waals surface area contributed by atoms with Gasteiger partial charge in [0.2, 0.25) is 0 Å². The SMILES string of the molecule is O=C(O)C1=C[CH+]C=CC1. The minimum Gasteiger partial charge on any atom is -0.468 e. The van der Waals surface area contributed by atoms with Gasteiger partial charge in [0.05, 0.1) is 12.5 Å². The maximum Gasteiger partial charge on any atom is 0.389 e. The Bertz CT molecular complexity index is 177. The molecule has 0 radical (unpaired) electrons. The third kappa shape index (κ3) is 1.35. The van der Waals surface area contributed by atoms with Crippen LogP contribution in [0.2, 0.25) is 0 Å². The van der Waals surface area contributed by atoms with Crippen LogP contribution in [0.15, 0.2) is 23.8 Å². The Kier molecular flexibility index (Phi) is 1.58. The molecular weight excluding hydrogens is 116 g/mol. The van der Waals surface area contributed by atoms with Crippen LogP contribution in [0.4, 0.5) is 0 Å². The summed E-state index contributed by atoms with van der Waals surface area (Å²) in [6, 6.07) is 0. The van der Waals surface area contributed by atoms with Crippen molar-refractivity contribution in [3.63, 3.8) is 0 Å². The standard InChI is InChI=1S/C7H6O2/c8-7(9)6-4-2-1-3-5-6/h1-4H,5H2/p+1. The third-order valence-electron chi connectivity index (χ3n) is 1.16. The number of carbonyl (C=O) groups is 1. The van der Waals surface area contributed by atoms with Crippen molar-refractivity contribution in [3.05, 3.63) is 30.2 Å². The monoisotopic (exact) mass is 123 g/mol. The van der Waals surface area contributed by atoms with Crippen LogP contribution in [-0.4, -0.2) is 11.1 Å². The van der Waals surface area contributed by atoms with E-state index in [9.17, 15) is 4.79 Å². The van der Waals surface area contributed by atoms with Gasteiger partial charge in [-0.15, -0.1) is 0 Å². The molecule has 0 aliphatic heterocycles. The summed E-state index contributed by atoms with van der Waals surface area (Å²) in [7, 11) is 0. The van der Waals surface area contributed by atoms with Crippen LogP contribution in [-0.2, 0) is 4.79 Å². The number of rotatable bonds is 1. The van der Waals surface area contributed by atoms with Crippen LogP contribution in [0.25, 0.3) is 0 Å². The minimum absolute atomic E-state index is 0.456. The molecule has 9 heavy (non-hydrogen) atoms. The molecule has 0 spiro atoms. The summed E-state index contributed by atoms with van der Waals surface area (Å²) in [5, 5.41) is 8.42. The maximum absolute atomic E-state index is 10.2. The normalized spacial score (nSPS) is 16.2. The first-order valence-corrected chi connectivity index (χ1v) is 2.73. The van der Waals surface area contributed by atoms with Gasteiger partial charge in [0.1, 0.15) is 5.57 Å².